The second-order valence-corrected chi connectivity index (χ2v) is 6.29. The van der Waals surface area contributed by atoms with Crippen molar-refractivity contribution in [1.82, 2.24) is 24.9 Å². The molecule has 26 heavy (non-hydrogen) atoms. The topological polar surface area (TPSA) is 66.2 Å². The van der Waals surface area contributed by atoms with E-state index in [1.165, 1.54) is 0 Å². The van der Waals surface area contributed by atoms with Crippen LogP contribution in [0, 0.1) is 0 Å². The van der Waals surface area contributed by atoms with Gasteiger partial charge in [0.2, 0.25) is 0 Å². The number of aliphatic imine (C=N–C) groups is 1. The van der Waals surface area contributed by atoms with Crippen molar-refractivity contribution in [3.05, 3.63) is 36.3 Å². The average Bonchev–Trinajstić information content (AvgIpc) is 3.04. The lowest BCUT2D eigenvalue weighted by Crippen LogP contribution is -2.39. The molecule has 7 heteroatoms. The summed E-state index contributed by atoms with van der Waals surface area (Å²) in [6.07, 6.45) is 6.01. The lowest BCUT2D eigenvalue weighted by atomic mass is 10.3. The fourth-order valence-electron chi connectivity index (χ4n) is 2.68. The Labute approximate surface area is 156 Å². The second-order valence-electron chi connectivity index (χ2n) is 6.29. The number of fused-ring (bicyclic) bond motifs is 1. The highest BCUT2D eigenvalue weighted by atomic mass is 16.5. The molecule has 0 amide bonds. The minimum Gasteiger partial charge on any atom is -0.385 e. The molecule has 0 radical (unpaired) electrons. The molecule has 0 spiro atoms. The van der Waals surface area contributed by atoms with Crippen LogP contribution in [0.5, 0.6) is 0 Å². The molecule has 2 aromatic rings. The van der Waals surface area contributed by atoms with Gasteiger partial charge in [0.15, 0.2) is 5.96 Å². The Kier molecular flexibility index (Phi) is 8.92. The summed E-state index contributed by atoms with van der Waals surface area (Å²) in [5.41, 5.74) is 2.07. The zero-order valence-electron chi connectivity index (χ0n) is 16.2. The van der Waals surface area contributed by atoms with E-state index in [1.54, 1.807) is 7.11 Å². The molecule has 2 aromatic heterocycles. The smallest absolute Gasteiger partial charge is 0.191 e. The summed E-state index contributed by atoms with van der Waals surface area (Å²) in [6, 6.07) is 6.04. The molecule has 0 saturated heterocycles. The van der Waals surface area contributed by atoms with Gasteiger partial charge in [-0.15, -0.1) is 0 Å². The van der Waals surface area contributed by atoms with Crippen molar-refractivity contribution in [3.63, 3.8) is 0 Å². The molecule has 0 aromatic carbocycles. The van der Waals surface area contributed by atoms with Crippen molar-refractivity contribution in [1.29, 1.82) is 0 Å². The SMILES string of the molecule is CCNC(=NCCN(C)CCCOC)NCCc1cn2ccccc2n1. The molecular formula is C19H32N6O. The molecular weight excluding hydrogens is 328 g/mol. The summed E-state index contributed by atoms with van der Waals surface area (Å²) in [7, 11) is 3.86. The Morgan fingerprint density at radius 2 is 2.19 bits per heavy atom. The van der Waals surface area contributed by atoms with Crippen molar-refractivity contribution < 1.29 is 4.74 Å². The minimum atomic E-state index is 0.771. The summed E-state index contributed by atoms with van der Waals surface area (Å²) >= 11 is 0. The first-order valence-corrected chi connectivity index (χ1v) is 9.35. The third kappa shape index (κ3) is 7.01. The molecule has 0 saturated carbocycles. The van der Waals surface area contributed by atoms with Crippen LogP contribution in [0.3, 0.4) is 0 Å². The number of pyridine rings is 1. The number of ether oxygens (including phenoxy) is 1. The highest BCUT2D eigenvalue weighted by molar-refractivity contribution is 5.79. The minimum absolute atomic E-state index is 0.771. The van der Waals surface area contributed by atoms with E-state index in [4.69, 9.17) is 4.74 Å². The largest absolute Gasteiger partial charge is 0.385 e. The third-order valence-corrected chi connectivity index (χ3v) is 4.07. The molecule has 0 bridgehead atoms. The van der Waals surface area contributed by atoms with Crippen LogP contribution in [0.25, 0.3) is 5.65 Å². The Morgan fingerprint density at radius 1 is 1.31 bits per heavy atom. The van der Waals surface area contributed by atoms with Gasteiger partial charge in [0, 0.05) is 58.7 Å². The number of guanidine groups is 1. The summed E-state index contributed by atoms with van der Waals surface area (Å²) < 4.78 is 7.14. The van der Waals surface area contributed by atoms with Crippen molar-refractivity contribution in [3.8, 4) is 0 Å². The van der Waals surface area contributed by atoms with E-state index in [1.807, 2.05) is 28.8 Å². The van der Waals surface area contributed by atoms with Crippen LogP contribution < -0.4 is 10.6 Å². The Hall–Kier alpha value is -2.12. The first kappa shape index (κ1) is 20.2. The van der Waals surface area contributed by atoms with E-state index in [-0.39, 0.29) is 0 Å². The van der Waals surface area contributed by atoms with Gasteiger partial charge in [0.25, 0.3) is 0 Å². The molecule has 0 atom stereocenters. The highest BCUT2D eigenvalue weighted by Crippen LogP contribution is 2.04. The van der Waals surface area contributed by atoms with Crippen LogP contribution in [-0.4, -0.2) is 73.7 Å². The number of nitrogens with one attached hydrogen (secondary N) is 2. The Morgan fingerprint density at radius 3 is 2.96 bits per heavy atom. The maximum atomic E-state index is 5.09. The number of rotatable bonds is 11. The molecule has 0 aliphatic carbocycles. The monoisotopic (exact) mass is 360 g/mol. The Balaban J connectivity index is 1.74. The van der Waals surface area contributed by atoms with Gasteiger partial charge in [-0.2, -0.15) is 0 Å². The molecule has 0 aliphatic heterocycles. The van der Waals surface area contributed by atoms with Crippen LogP contribution in [0.1, 0.15) is 19.0 Å². The van der Waals surface area contributed by atoms with E-state index in [0.29, 0.717) is 0 Å². The molecule has 0 unspecified atom stereocenters. The molecule has 7 nitrogen and oxygen atoms in total. The van der Waals surface area contributed by atoms with E-state index >= 15 is 0 Å². The van der Waals surface area contributed by atoms with Gasteiger partial charge in [0.05, 0.1) is 12.2 Å². The number of hydrogen-bond acceptors (Lipinski definition) is 4. The predicted octanol–water partition coefficient (Wildman–Crippen LogP) is 1.40. The third-order valence-electron chi connectivity index (χ3n) is 4.07. The standard InChI is InChI=1S/C19H32N6O/c1-4-20-19(22-11-14-24(2)12-7-15-26-3)21-10-9-17-16-25-13-6-5-8-18(25)23-17/h5-6,8,13,16H,4,7,9-12,14-15H2,1-3H3,(H2,20,21,22). The van der Waals surface area contributed by atoms with Gasteiger partial charge in [-0.3, -0.25) is 4.99 Å². The fourth-order valence-corrected chi connectivity index (χ4v) is 2.68. The molecule has 0 aliphatic rings. The van der Waals surface area contributed by atoms with Gasteiger partial charge in [-0.05, 0) is 32.5 Å². The molecule has 144 valence electrons. The maximum absolute atomic E-state index is 5.09. The van der Waals surface area contributed by atoms with Crippen molar-refractivity contribution in [2.45, 2.75) is 19.8 Å². The summed E-state index contributed by atoms with van der Waals surface area (Å²) in [4.78, 5) is 11.6. The van der Waals surface area contributed by atoms with Crippen molar-refractivity contribution >= 4 is 11.6 Å². The van der Waals surface area contributed by atoms with Gasteiger partial charge < -0.3 is 24.7 Å². The van der Waals surface area contributed by atoms with Gasteiger partial charge in [0.1, 0.15) is 5.65 Å². The normalized spacial score (nSPS) is 12.1. The Bertz CT molecular complexity index is 636. The first-order chi connectivity index (χ1) is 12.7. The molecule has 2 rings (SSSR count). The fraction of sp³-hybridized carbons (Fsp3) is 0.579. The number of nitrogens with zero attached hydrogens (tertiary/aromatic N) is 4. The average molecular weight is 361 g/mol. The maximum Gasteiger partial charge on any atom is 0.191 e. The van der Waals surface area contributed by atoms with E-state index in [2.05, 4.69) is 45.7 Å². The number of imidazole rings is 1. The van der Waals surface area contributed by atoms with Crippen LogP contribution in [0.4, 0.5) is 0 Å². The van der Waals surface area contributed by atoms with E-state index in [0.717, 1.165) is 69.5 Å². The van der Waals surface area contributed by atoms with Gasteiger partial charge >= 0.3 is 0 Å². The van der Waals surface area contributed by atoms with Crippen molar-refractivity contribution in [2.75, 3.05) is 53.5 Å². The van der Waals surface area contributed by atoms with Crippen molar-refractivity contribution in [2.24, 2.45) is 4.99 Å². The highest BCUT2D eigenvalue weighted by Gasteiger charge is 2.03. The number of likely N-dealkylation sites (N-methyl/N-ethyl adjacent to an activating group) is 1. The van der Waals surface area contributed by atoms with Gasteiger partial charge in [-0.1, -0.05) is 6.07 Å². The number of hydrogen-bond donors (Lipinski definition) is 2. The zero-order valence-corrected chi connectivity index (χ0v) is 16.2. The van der Waals surface area contributed by atoms with E-state index in [9.17, 15) is 0 Å². The van der Waals surface area contributed by atoms with Crippen LogP contribution in [-0.2, 0) is 11.2 Å². The second kappa shape index (κ2) is 11.5. The molecule has 2 heterocycles. The molecule has 2 N–H and O–H groups in total. The lowest BCUT2D eigenvalue weighted by Gasteiger charge is -2.16. The van der Waals surface area contributed by atoms with Gasteiger partial charge in [-0.25, -0.2) is 4.98 Å². The number of aromatic nitrogens is 2. The van der Waals surface area contributed by atoms with E-state index < -0.39 is 0 Å². The quantitative estimate of drug-likeness (QED) is 0.360. The van der Waals surface area contributed by atoms with Crippen LogP contribution in [0.2, 0.25) is 0 Å². The van der Waals surface area contributed by atoms with Crippen LogP contribution >= 0.6 is 0 Å². The summed E-state index contributed by atoms with van der Waals surface area (Å²) in [6.45, 7) is 7.28. The zero-order chi connectivity index (χ0) is 18.6. The lowest BCUT2D eigenvalue weighted by molar-refractivity contribution is 0.180. The summed E-state index contributed by atoms with van der Waals surface area (Å²) in [5.74, 6) is 0.863. The number of methoxy groups -OCH3 is 1. The predicted molar refractivity (Wildman–Crippen MR) is 107 cm³/mol. The van der Waals surface area contributed by atoms with Crippen LogP contribution in [0.15, 0.2) is 35.6 Å². The first-order valence-electron chi connectivity index (χ1n) is 9.35. The molecule has 0 fully saturated rings. The summed E-state index contributed by atoms with van der Waals surface area (Å²) in [5, 5.41) is 6.69.